The third kappa shape index (κ3) is 2.97. The van der Waals surface area contributed by atoms with Crippen molar-refractivity contribution >= 4 is 24.9 Å². The van der Waals surface area contributed by atoms with Gasteiger partial charge < -0.3 is 0 Å². The van der Waals surface area contributed by atoms with Crippen molar-refractivity contribution in [3.63, 3.8) is 0 Å². The molecule has 0 aromatic rings. The Labute approximate surface area is 92.0 Å². The fraction of sp³-hybridized carbons (Fsp3) is 1.00. The van der Waals surface area contributed by atoms with Crippen molar-refractivity contribution in [1.29, 1.82) is 0 Å². The summed E-state index contributed by atoms with van der Waals surface area (Å²) in [6.07, 6.45) is 4.08. The van der Waals surface area contributed by atoms with E-state index in [2.05, 4.69) is 0 Å². The number of sulfonamides is 1. The van der Waals surface area contributed by atoms with E-state index < -0.39 is 15.5 Å². The number of alkyl halides is 1. The van der Waals surface area contributed by atoms with Crippen LogP contribution in [0, 0.1) is 0 Å². The van der Waals surface area contributed by atoms with Gasteiger partial charge in [0.25, 0.3) is 0 Å². The van der Waals surface area contributed by atoms with Crippen LogP contribution in [-0.2, 0) is 10.0 Å². The summed E-state index contributed by atoms with van der Waals surface area (Å²) in [6, 6.07) is 0. The molecule has 2 aliphatic rings. The first-order chi connectivity index (χ1) is 7.00. The van der Waals surface area contributed by atoms with Crippen molar-refractivity contribution in [2.75, 3.05) is 0 Å². The molecule has 0 bridgehead atoms. The highest BCUT2D eigenvalue weighted by Crippen LogP contribution is 2.40. The highest BCUT2D eigenvalue weighted by atomic mass is 32.2. The van der Waals surface area contributed by atoms with Crippen molar-refractivity contribution in [1.82, 2.24) is 4.13 Å². The molecule has 0 N–H and O–H groups in total. The van der Waals surface area contributed by atoms with Gasteiger partial charge in [-0.15, -0.1) is 0 Å². The maximum absolute atomic E-state index is 13.0. The van der Waals surface area contributed by atoms with Crippen LogP contribution < -0.4 is 0 Å². The Kier molecular flexibility index (Phi) is 3.12. The van der Waals surface area contributed by atoms with Gasteiger partial charge in [0, 0.05) is 0 Å². The van der Waals surface area contributed by atoms with Gasteiger partial charge in [0.05, 0.1) is 0 Å². The molecule has 2 rings (SSSR count). The molecule has 0 amide bonds. The van der Waals surface area contributed by atoms with E-state index in [1.807, 2.05) is 0 Å². The molecule has 2 radical (unpaired) electrons. The van der Waals surface area contributed by atoms with Crippen LogP contribution in [0.15, 0.2) is 0 Å². The van der Waals surface area contributed by atoms with Crippen molar-refractivity contribution in [3.05, 3.63) is 0 Å². The summed E-state index contributed by atoms with van der Waals surface area (Å²) in [7, 11) is -0.481. The van der Waals surface area contributed by atoms with Crippen molar-refractivity contribution in [2.45, 2.75) is 49.7 Å². The van der Waals surface area contributed by atoms with Crippen LogP contribution in [0.5, 0.6) is 0 Å². The van der Waals surface area contributed by atoms with Gasteiger partial charge in [-0.1, -0.05) is 37.3 Å². The molecule has 2 fully saturated rings. The van der Waals surface area contributed by atoms with Gasteiger partial charge in [0.2, 0.25) is 30.4 Å². The van der Waals surface area contributed by atoms with Crippen LogP contribution >= 0.6 is 0 Å². The smallest absolute Gasteiger partial charge is 0.225 e. The second-order valence-corrected chi connectivity index (χ2v) is 6.49. The Balaban J connectivity index is 2.01. The molecule has 0 aliphatic heterocycles. The quantitative estimate of drug-likeness (QED) is 0.644. The molecule has 0 spiro atoms. The van der Waals surface area contributed by atoms with E-state index in [9.17, 15) is 12.8 Å². The number of hydrogen-bond acceptors (Lipinski definition) is 2. The summed E-state index contributed by atoms with van der Waals surface area (Å²) >= 11 is 0. The number of nitrogens with zero attached hydrogens (tertiary/aromatic N) is 1. The molecule has 82 valence electrons. The Hall–Kier alpha value is -0.0301. The molecule has 15 heavy (non-hydrogen) atoms. The second-order valence-electron chi connectivity index (χ2n) is 4.39. The lowest BCUT2D eigenvalue weighted by atomic mass is 9.74. The molecular weight excluding hydrogens is 215 g/mol. The largest absolute Gasteiger partial charge is 0.288 e. The summed E-state index contributed by atoms with van der Waals surface area (Å²) in [5, 5.41) is 0. The predicted molar refractivity (Wildman–Crippen MR) is 58.8 cm³/mol. The highest BCUT2D eigenvalue weighted by molar-refractivity contribution is 7.91. The van der Waals surface area contributed by atoms with Gasteiger partial charge >= 0.3 is 0 Å². The third-order valence-electron chi connectivity index (χ3n) is 2.66. The van der Waals surface area contributed by atoms with Crippen LogP contribution in [0.3, 0.4) is 0 Å². The van der Waals surface area contributed by atoms with Crippen LogP contribution in [-0.4, -0.2) is 32.9 Å². The molecule has 7 heteroatoms. The summed E-state index contributed by atoms with van der Waals surface area (Å²) in [5.74, 6) is 0.655. The Morgan fingerprint density at radius 1 is 1.20 bits per heavy atom. The van der Waals surface area contributed by atoms with Gasteiger partial charge in [-0.3, -0.25) is 4.13 Å². The van der Waals surface area contributed by atoms with E-state index in [-0.39, 0.29) is 0 Å². The molecule has 2 saturated carbocycles. The summed E-state index contributed by atoms with van der Waals surface area (Å²) < 4.78 is 37.4. The maximum Gasteiger partial charge on any atom is 0.225 e. The van der Waals surface area contributed by atoms with Crippen molar-refractivity contribution in [2.24, 2.45) is 0 Å². The summed E-state index contributed by atoms with van der Waals surface area (Å²) in [4.78, 5) is 0. The standard InChI is InChI=1S/C8H14B2FNO2S/c1-6(11)15(13,14)12(9-7-2-3-7)10-8-4-5-8/h6-8H,2-5H2,1H3. The van der Waals surface area contributed by atoms with E-state index in [0.717, 1.165) is 36.7 Å². The summed E-state index contributed by atoms with van der Waals surface area (Å²) in [6.45, 7) is 1.07. The number of hydrogen-bond donors (Lipinski definition) is 0. The van der Waals surface area contributed by atoms with E-state index in [0.29, 0.717) is 11.6 Å². The lowest BCUT2D eigenvalue weighted by Gasteiger charge is -2.21. The molecule has 2 aliphatic carbocycles. The van der Waals surface area contributed by atoms with E-state index >= 15 is 0 Å². The Morgan fingerprint density at radius 2 is 1.60 bits per heavy atom. The lowest BCUT2D eigenvalue weighted by molar-refractivity contribution is 0.434. The van der Waals surface area contributed by atoms with Crippen molar-refractivity contribution in [3.8, 4) is 0 Å². The first-order valence-electron chi connectivity index (χ1n) is 5.36. The fourth-order valence-electron chi connectivity index (χ4n) is 1.29. The van der Waals surface area contributed by atoms with Gasteiger partial charge in [-0.25, -0.2) is 12.8 Å². The van der Waals surface area contributed by atoms with Gasteiger partial charge in [-0.2, -0.15) is 0 Å². The first kappa shape index (κ1) is 11.5. The topological polar surface area (TPSA) is 37.4 Å². The molecule has 0 aromatic heterocycles. The Bertz CT molecular complexity index is 314. The minimum absolute atomic E-state index is 0.327. The molecule has 0 heterocycles. The molecule has 0 aromatic carbocycles. The van der Waals surface area contributed by atoms with E-state index in [1.54, 1.807) is 14.8 Å². The normalized spacial score (nSPS) is 23.9. The number of halogens is 1. The fourth-order valence-corrected chi connectivity index (χ4v) is 2.31. The van der Waals surface area contributed by atoms with E-state index in [4.69, 9.17) is 0 Å². The second kappa shape index (κ2) is 4.09. The molecule has 1 atom stereocenters. The average Bonchev–Trinajstić information content (AvgIpc) is 2.96. The first-order valence-corrected chi connectivity index (χ1v) is 6.87. The number of rotatable bonds is 6. The minimum Gasteiger partial charge on any atom is -0.288 e. The maximum atomic E-state index is 13.0. The average molecular weight is 229 g/mol. The highest BCUT2D eigenvalue weighted by Gasteiger charge is 2.38. The molecule has 3 nitrogen and oxygen atoms in total. The molecular formula is C8H14B2FNO2S. The van der Waals surface area contributed by atoms with Crippen LogP contribution in [0.4, 0.5) is 4.39 Å². The van der Waals surface area contributed by atoms with Crippen LogP contribution in [0.25, 0.3) is 0 Å². The zero-order valence-electron chi connectivity index (χ0n) is 8.77. The molecule has 0 saturated heterocycles. The van der Waals surface area contributed by atoms with Gasteiger partial charge in [0.1, 0.15) is 0 Å². The third-order valence-corrected chi connectivity index (χ3v) is 4.32. The van der Waals surface area contributed by atoms with Crippen LogP contribution in [0.1, 0.15) is 32.6 Å². The zero-order chi connectivity index (χ0) is 11.1. The minimum atomic E-state index is -3.79. The van der Waals surface area contributed by atoms with Crippen LogP contribution in [0.2, 0.25) is 11.6 Å². The predicted octanol–water partition coefficient (Wildman–Crippen LogP) is 1.34. The van der Waals surface area contributed by atoms with E-state index in [1.165, 1.54) is 0 Å². The summed E-state index contributed by atoms with van der Waals surface area (Å²) in [5.41, 5.74) is -1.83. The molecule has 1 unspecified atom stereocenters. The van der Waals surface area contributed by atoms with Gasteiger partial charge in [0.15, 0.2) is 0 Å². The van der Waals surface area contributed by atoms with Crippen molar-refractivity contribution < 1.29 is 12.8 Å². The Morgan fingerprint density at radius 3 is 1.87 bits per heavy atom. The monoisotopic (exact) mass is 229 g/mol. The zero-order valence-corrected chi connectivity index (χ0v) is 9.58. The SMILES string of the molecule is CC(F)S(=O)(=O)N([B]C1CC1)[B]C1CC1. The van der Waals surface area contributed by atoms with Gasteiger partial charge in [-0.05, 0) is 6.92 Å². The lowest BCUT2D eigenvalue weighted by Crippen LogP contribution is -2.41.